The predicted molar refractivity (Wildman–Crippen MR) is 78.0 cm³/mol. The smallest absolute Gasteiger partial charge is 0.264 e. The van der Waals surface area contributed by atoms with Crippen LogP contribution in [0.2, 0.25) is 0 Å². The van der Waals surface area contributed by atoms with Crippen LogP contribution in [0.25, 0.3) is 10.9 Å². The van der Waals surface area contributed by atoms with E-state index in [1.165, 1.54) is 6.92 Å². The second-order valence-corrected chi connectivity index (χ2v) is 5.27. The second kappa shape index (κ2) is 5.01. The number of nitrogen functional groups attached to an aromatic ring is 1. The third kappa shape index (κ3) is 2.18. The summed E-state index contributed by atoms with van der Waals surface area (Å²) in [5, 5.41) is -0.0340. The van der Waals surface area contributed by atoms with Gasteiger partial charge in [-0.05, 0) is 19.4 Å². The van der Waals surface area contributed by atoms with E-state index in [0.717, 1.165) is 16.7 Å². The number of Topliss-reactive ketones (excluding diaryl/α,β-unsaturated/α-hetero) is 2. The summed E-state index contributed by atoms with van der Waals surface area (Å²) in [5.74, 6) is -1.43. The van der Waals surface area contributed by atoms with Crippen molar-refractivity contribution in [3.05, 3.63) is 34.1 Å². The summed E-state index contributed by atoms with van der Waals surface area (Å²) in [4.78, 5) is 40.5. The highest BCUT2D eigenvalue weighted by Gasteiger charge is 2.30. The maximum Gasteiger partial charge on any atom is 0.264 e. The number of aryl methyl sites for hydroxylation is 1. The number of fused-ring (bicyclic) bond motifs is 1. The van der Waals surface area contributed by atoms with Gasteiger partial charge in [-0.1, -0.05) is 0 Å². The van der Waals surface area contributed by atoms with E-state index in [4.69, 9.17) is 7.10 Å². The summed E-state index contributed by atoms with van der Waals surface area (Å²) in [7, 11) is 0. The minimum absolute atomic E-state index is 0.0340. The van der Waals surface area contributed by atoms with Gasteiger partial charge in [0.2, 0.25) is 0 Å². The molecule has 0 unspecified atom stereocenters. The van der Waals surface area contributed by atoms with Crippen LogP contribution in [0, 0.1) is 12.7 Å². The molecule has 2 aromatic rings. The molecule has 0 bridgehead atoms. The van der Waals surface area contributed by atoms with Crippen molar-refractivity contribution >= 4 is 28.2 Å². The van der Waals surface area contributed by atoms with Crippen LogP contribution >= 0.6 is 0 Å². The lowest BCUT2D eigenvalue weighted by molar-refractivity contribution is -0.132. The molecule has 1 aliphatic rings. The largest absolute Gasteiger partial charge is 0.398 e. The number of ketones is 2. The Bertz CT molecular complexity index is 924. The summed E-state index contributed by atoms with van der Waals surface area (Å²) in [6, 6.07) is 0.179. The SMILES string of the molecule is [2H][C@@]1(n2c(C)nc3cc(F)cc(N)c3c2=O)CCC(=O)CC1=O. The number of aromatic nitrogens is 2. The van der Waals surface area contributed by atoms with E-state index in [1.807, 2.05) is 0 Å². The summed E-state index contributed by atoms with van der Waals surface area (Å²) in [6.45, 7) is 1.46. The molecule has 0 aliphatic heterocycles. The molecular formula is C15H14FN3O3. The molecule has 0 radical (unpaired) electrons. The Morgan fingerprint density at radius 2 is 2.14 bits per heavy atom. The van der Waals surface area contributed by atoms with Gasteiger partial charge in [-0.2, -0.15) is 0 Å². The van der Waals surface area contributed by atoms with Gasteiger partial charge in [-0.25, -0.2) is 9.37 Å². The fourth-order valence-corrected chi connectivity index (χ4v) is 2.74. The molecule has 1 aromatic carbocycles. The third-order valence-electron chi connectivity index (χ3n) is 3.73. The number of benzene rings is 1. The fourth-order valence-electron chi connectivity index (χ4n) is 2.74. The van der Waals surface area contributed by atoms with E-state index >= 15 is 0 Å². The molecule has 114 valence electrons. The molecule has 1 fully saturated rings. The number of halogens is 1. The van der Waals surface area contributed by atoms with Crippen molar-refractivity contribution in [2.75, 3.05) is 5.73 Å². The summed E-state index contributed by atoms with van der Waals surface area (Å²) in [5.41, 5.74) is 5.01. The zero-order chi connectivity index (χ0) is 16.9. The molecule has 22 heavy (non-hydrogen) atoms. The van der Waals surface area contributed by atoms with Crippen LogP contribution < -0.4 is 11.3 Å². The van der Waals surface area contributed by atoms with Crippen LogP contribution in [-0.2, 0) is 9.59 Å². The minimum atomic E-state index is -1.89. The number of hydrogen-bond donors (Lipinski definition) is 1. The lowest BCUT2D eigenvalue weighted by Gasteiger charge is -2.24. The molecule has 1 aliphatic carbocycles. The van der Waals surface area contributed by atoms with E-state index in [-0.39, 0.29) is 47.5 Å². The number of nitrogens with two attached hydrogens (primary N) is 1. The van der Waals surface area contributed by atoms with Crippen molar-refractivity contribution in [1.82, 2.24) is 9.55 Å². The van der Waals surface area contributed by atoms with Gasteiger partial charge in [0.15, 0.2) is 5.78 Å². The molecule has 1 heterocycles. The Morgan fingerprint density at radius 3 is 2.82 bits per heavy atom. The predicted octanol–water partition coefficient (Wildman–Crippen LogP) is 1.29. The highest BCUT2D eigenvalue weighted by atomic mass is 19.1. The lowest BCUT2D eigenvalue weighted by Crippen LogP contribution is -2.36. The Kier molecular flexibility index (Phi) is 2.99. The molecule has 1 saturated carbocycles. The molecular weight excluding hydrogens is 289 g/mol. The van der Waals surface area contributed by atoms with Gasteiger partial charge < -0.3 is 5.73 Å². The van der Waals surface area contributed by atoms with Crippen LogP contribution in [0.4, 0.5) is 10.1 Å². The van der Waals surface area contributed by atoms with Crippen LogP contribution in [0.5, 0.6) is 0 Å². The molecule has 7 heteroatoms. The average Bonchev–Trinajstić information content (AvgIpc) is 2.42. The first kappa shape index (κ1) is 13.1. The van der Waals surface area contributed by atoms with Crippen molar-refractivity contribution in [1.29, 1.82) is 0 Å². The molecule has 0 amide bonds. The number of carbonyl (C=O) groups excluding carboxylic acids is 2. The maximum absolute atomic E-state index is 13.4. The first-order chi connectivity index (χ1) is 10.7. The standard InChI is InChI=1S/C15H14FN3O3/c1-7-18-11-5-8(16)4-10(17)14(11)15(22)19(7)12-3-2-9(20)6-13(12)21/h4-5,12H,2-3,6,17H2,1H3/t12-/m1/s1/i12D. The molecule has 1 atom stereocenters. The van der Waals surface area contributed by atoms with Gasteiger partial charge in [-0.3, -0.25) is 19.0 Å². The van der Waals surface area contributed by atoms with Gasteiger partial charge in [0.1, 0.15) is 17.4 Å². The Hall–Kier alpha value is -2.57. The monoisotopic (exact) mass is 304 g/mol. The van der Waals surface area contributed by atoms with Gasteiger partial charge in [0.05, 0.1) is 24.7 Å². The van der Waals surface area contributed by atoms with Crippen LogP contribution in [0.3, 0.4) is 0 Å². The van der Waals surface area contributed by atoms with E-state index < -0.39 is 23.2 Å². The van der Waals surface area contributed by atoms with E-state index in [2.05, 4.69) is 4.98 Å². The topological polar surface area (TPSA) is 95.1 Å². The summed E-state index contributed by atoms with van der Waals surface area (Å²) < 4.78 is 22.8. The van der Waals surface area contributed by atoms with Crippen molar-refractivity contribution in [3.63, 3.8) is 0 Å². The van der Waals surface area contributed by atoms with E-state index in [1.54, 1.807) is 0 Å². The molecule has 1 aromatic heterocycles. The average molecular weight is 304 g/mol. The van der Waals surface area contributed by atoms with Gasteiger partial charge >= 0.3 is 0 Å². The van der Waals surface area contributed by atoms with Gasteiger partial charge in [0.25, 0.3) is 5.56 Å². The summed E-state index contributed by atoms with van der Waals surface area (Å²) in [6.07, 6.45) is -0.440. The Balaban J connectivity index is 2.33. The van der Waals surface area contributed by atoms with Crippen molar-refractivity contribution < 1.29 is 15.4 Å². The maximum atomic E-state index is 13.4. The first-order valence-corrected chi connectivity index (χ1v) is 6.78. The van der Waals surface area contributed by atoms with Crippen LogP contribution in [0.15, 0.2) is 16.9 Å². The third-order valence-corrected chi connectivity index (χ3v) is 3.73. The number of hydrogen-bond acceptors (Lipinski definition) is 5. The quantitative estimate of drug-likeness (QED) is 0.632. The number of nitrogens with zero attached hydrogens (tertiary/aromatic N) is 2. The highest BCUT2D eigenvalue weighted by molar-refractivity contribution is 6.03. The second-order valence-electron chi connectivity index (χ2n) is 5.27. The Labute approximate surface area is 126 Å². The minimum Gasteiger partial charge on any atom is -0.398 e. The fraction of sp³-hybridized carbons (Fsp3) is 0.333. The van der Waals surface area contributed by atoms with Crippen LogP contribution in [-0.4, -0.2) is 21.1 Å². The van der Waals surface area contributed by atoms with Gasteiger partial charge in [0, 0.05) is 18.2 Å². The van der Waals surface area contributed by atoms with Crippen molar-refractivity contribution in [2.45, 2.75) is 32.2 Å². The molecule has 0 saturated heterocycles. The molecule has 2 N–H and O–H groups in total. The number of carbonyl (C=O) groups is 2. The van der Waals surface area contributed by atoms with Crippen molar-refractivity contribution in [3.8, 4) is 0 Å². The highest BCUT2D eigenvalue weighted by Crippen LogP contribution is 2.25. The zero-order valence-electron chi connectivity index (χ0n) is 12.9. The number of anilines is 1. The normalized spacial score (nSPS) is 22.9. The molecule has 6 nitrogen and oxygen atoms in total. The number of rotatable bonds is 1. The van der Waals surface area contributed by atoms with E-state index in [9.17, 15) is 18.8 Å². The van der Waals surface area contributed by atoms with Crippen LogP contribution in [0.1, 0.15) is 32.5 Å². The lowest BCUT2D eigenvalue weighted by atomic mass is 9.92. The zero-order valence-corrected chi connectivity index (χ0v) is 11.9. The molecule has 0 spiro atoms. The Morgan fingerprint density at radius 1 is 1.41 bits per heavy atom. The van der Waals surface area contributed by atoms with Crippen molar-refractivity contribution in [2.24, 2.45) is 0 Å². The van der Waals surface area contributed by atoms with E-state index in [0.29, 0.717) is 0 Å². The van der Waals surface area contributed by atoms with Gasteiger partial charge in [-0.15, -0.1) is 0 Å². The first-order valence-electron chi connectivity index (χ1n) is 7.28. The molecule has 3 rings (SSSR count). The summed E-state index contributed by atoms with van der Waals surface area (Å²) >= 11 is 0.